The van der Waals surface area contributed by atoms with E-state index >= 15 is 0 Å². The third kappa shape index (κ3) is 10.2. The highest BCUT2D eigenvalue weighted by Gasteiger charge is 2.19. The summed E-state index contributed by atoms with van der Waals surface area (Å²) in [4.78, 5) is 35.2. The zero-order chi connectivity index (χ0) is 21.0. The van der Waals surface area contributed by atoms with Gasteiger partial charge in [-0.15, -0.1) is 0 Å². The molecular weight excluding hydrogens is 364 g/mol. The van der Waals surface area contributed by atoms with Crippen LogP contribution in [0, 0.1) is 0 Å². The molecule has 0 bridgehead atoms. The predicted molar refractivity (Wildman–Crippen MR) is 103 cm³/mol. The summed E-state index contributed by atoms with van der Waals surface area (Å²) in [6.07, 6.45) is 1.22. The van der Waals surface area contributed by atoms with E-state index in [9.17, 15) is 14.4 Å². The first-order valence-electron chi connectivity index (χ1n) is 8.94. The average molecular weight is 392 g/mol. The predicted octanol–water partition coefficient (Wildman–Crippen LogP) is 3.27. The minimum atomic E-state index is -0.744. The van der Waals surface area contributed by atoms with Crippen LogP contribution in [0.1, 0.15) is 39.2 Å². The summed E-state index contributed by atoms with van der Waals surface area (Å²) in [6, 6.07) is 9.35. The molecule has 0 spiro atoms. The topological polar surface area (TPSA) is 103 Å². The third-order valence-corrected chi connectivity index (χ3v) is 3.25. The summed E-state index contributed by atoms with van der Waals surface area (Å²) in [7, 11) is 1.22. The van der Waals surface area contributed by atoms with Crippen molar-refractivity contribution in [3.05, 3.63) is 47.7 Å². The number of allylic oxidation sites excluding steroid dienone is 1. The molecule has 0 aromatic heterocycles. The van der Waals surface area contributed by atoms with Crippen LogP contribution in [0.2, 0.25) is 0 Å². The van der Waals surface area contributed by atoms with Gasteiger partial charge in [0.1, 0.15) is 17.9 Å². The Labute approximate surface area is 165 Å². The molecule has 0 radical (unpaired) electrons. The van der Waals surface area contributed by atoms with E-state index in [1.54, 1.807) is 20.8 Å². The molecule has 8 heteroatoms. The van der Waals surface area contributed by atoms with Gasteiger partial charge < -0.3 is 19.5 Å². The number of benzene rings is 1. The van der Waals surface area contributed by atoms with Crippen LogP contribution in [0.3, 0.4) is 0 Å². The molecule has 1 aromatic rings. The quantitative estimate of drug-likeness (QED) is 0.305. The lowest BCUT2D eigenvalue weighted by atomic mass is 10.2. The number of rotatable bonds is 8. The van der Waals surface area contributed by atoms with Crippen LogP contribution >= 0.6 is 0 Å². The van der Waals surface area contributed by atoms with Crippen molar-refractivity contribution in [3.63, 3.8) is 0 Å². The zero-order valence-electron chi connectivity index (χ0n) is 16.7. The molecule has 8 nitrogen and oxygen atoms in total. The third-order valence-electron chi connectivity index (χ3n) is 3.25. The Morgan fingerprint density at radius 3 is 2.36 bits per heavy atom. The first-order chi connectivity index (χ1) is 13.2. The molecular formula is C20H28N2O6. The lowest BCUT2D eigenvalue weighted by Gasteiger charge is -2.20. The molecule has 0 aliphatic carbocycles. The number of hydrogen-bond acceptors (Lipinski definition) is 6. The number of ether oxygens (including phenoxy) is 3. The normalized spacial score (nSPS) is 11.4. The highest BCUT2D eigenvalue weighted by Crippen LogP contribution is 2.08. The molecule has 1 aromatic carbocycles. The largest absolute Gasteiger partial charge is 0.464 e. The standard InChI is InChI=1S/C20H28N2O6/c1-20(2,3)28-19(25)22-16(17(23)26-4)12-8-9-13-21-18(24)27-14-15-10-6-5-7-11-15/h5-7,10-12H,8-9,13-14H2,1-4H3,(H,21,24)(H,22,25)/b16-12-. The van der Waals surface area contributed by atoms with Gasteiger partial charge in [-0.2, -0.15) is 0 Å². The van der Waals surface area contributed by atoms with Gasteiger partial charge in [0.15, 0.2) is 0 Å². The highest BCUT2D eigenvalue weighted by molar-refractivity contribution is 5.92. The second-order valence-corrected chi connectivity index (χ2v) is 6.87. The van der Waals surface area contributed by atoms with Crippen LogP contribution in [-0.2, 0) is 25.6 Å². The summed E-state index contributed by atoms with van der Waals surface area (Å²) in [6.45, 7) is 5.70. The Morgan fingerprint density at radius 1 is 1.07 bits per heavy atom. The number of carbonyl (C=O) groups excluding carboxylic acids is 3. The van der Waals surface area contributed by atoms with Gasteiger partial charge in [0.25, 0.3) is 0 Å². The van der Waals surface area contributed by atoms with E-state index in [-0.39, 0.29) is 12.3 Å². The Kier molecular flexibility index (Phi) is 9.56. The fraction of sp³-hybridized carbons (Fsp3) is 0.450. The maximum absolute atomic E-state index is 11.8. The van der Waals surface area contributed by atoms with Crippen LogP contribution in [-0.4, -0.2) is 37.4 Å². The first kappa shape index (κ1) is 23.0. The van der Waals surface area contributed by atoms with E-state index in [0.29, 0.717) is 19.4 Å². The maximum atomic E-state index is 11.8. The number of amides is 2. The molecule has 0 saturated heterocycles. The fourth-order valence-electron chi connectivity index (χ4n) is 2.02. The van der Waals surface area contributed by atoms with Gasteiger partial charge in [-0.1, -0.05) is 36.4 Å². The summed E-state index contributed by atoms with van der Waals surface area (Å²) >= 11 is 0. The molecule has 0 aliphatic heterocycles. The summed E-state index contributed by atoms with van der Waals surface area (Å²) in [5.74, 6) is -0.680. The van der Waals surface area contributed by atoms with Crippen LogP contribution in [0.25, 0.3) is 0 Å². The zero-order valence-corrected chi connectivity index (χ0v) is 16.7. The SMILES string of the molecule is COC(=O)/C(=C/CCCNC(=O)OCc1ccccc1)NC(=O)OC(C)(C)C. The van der Waals surface area contributed by atoms with Gasteiger partial charge in [-0.05, 0) is 39.2 Å². The number of carbonyl (C=O) groups is 3. The molecule has 0 fully saturated rings. The second-order valence-electron chi connectivity index (χ2n) is 6.87. The molecule has 0 saturated carbocycles. The van der Waals surface area contributed by atoms with Gasteiger partial charge in [-0.3, -0.25) is 5.32 Å². The van der Waals surface area contributed by atoms with Gasteiger partial charge in [0, 0.05) is 6.54 Å². The maximum Gasteiger partial charge on any atom is 0.412 e. The lowest BCUT2D eigenvalue weighted by Crippen LogP contribution is -2.34. The molecule has 154 valence electrons. The monoisotopic (exact) mass is 392 g/mol. The van der Waals surface area contributed by atoms with Crippen molar-refractivity contribution >= 4 is 18.2 Å². The van der Waals surface area contributed by atoms with Crippen molar-refractivity contribution in [2.45, 2.75) is 45.8 Å². The molecule has 2 amide bonds. The Hall–Kier alpha value is -3.03. The number of alkyl carbamates (subject to hydrolysis) is 2. The van der Waals surface area contributed by atoms with E-state index in [1.165, 1.54) is 13.2 Å². The van der Waals surface area contributed by atoms with E-state index in [4.69, 9.17) is 9.47 Å². The van der Waals surface area contributed by atoms with Gasteiger partial charge in [-0.25, -0.2) is 14.4 Å². The highest BCUT2D eigenvalue weighted by atomic mass is 16.6. The molecule has 28 heavy (non-hydrogen) atoms. The number of hydrogen-bond donors (Lipinski definition) is 2. The van der Waals surface area contributed by atoms with Crippen LogP contribution in [0.15, 0.2) is 42.1 Å². The Morgan fingerprint density at radius 2 is 1.75 bits per heavy atom. The van der Waals surface area contributed by atoms with Gasteiger partial charge in [0.2, 0.25) is 0 Å². The van der Waals surface area contributed by atoms with Crippen LogP contribution in [0.5, 0.6) is 0 Å². The molecule has 0 atom stereocenters. The molecule has 2 N–H and O–H groups in total. The Balaban J connectivity index is 2.36. The Bertz CT molecular complexity index is 680. The minimum absolute atomic E-state index is 0.0107. The van der Waals surface area contributed by atoms with Crippen molar-refractivity contribution in [3.8, 4) is 0 Å². The van der Waals surface area contributed by atoms with Crippen molar-refractivity contribution in [2.75, 3.05) is 13.7 Å². The molecule has 0 heterocycles. The molecule has 0 aliphatic rings. The summed E-state index contributed by atoms with van der Waals surface area (Å²) < 4.78 is 14.9. The van der Waals surface area contributed by atoms with Crippen molar-refractivity contribution < 1.29 is 28.6 Å². The number of unbranched alkanes of at least 4 members (excludes halogenated alkanes) is 1. The van der Waals surface area contributed by atoms with Crippen LogP contribution < -0.4 is 10.6 Å². The van der Waals surface area contributed by atoms with E-state index < -0.39 is 23.8 Å². The number of nitrogens with one attached hydrogen (secondary N) is 2. The summed E-state index contributed by atoms with van der Waals surface area (Å²) in [5.41, 5.74) is 0.204. The van der Waals surface area contributed by atoms with E-state index in [0.717, 1.165) is 5.56 Å². The first-order valence-corrected chi connectivity index (χ1v) is 8.94. The van der Waals surface area contributed by atoms with Crippen molar-refractivity contribution in [2.24, 2.45) is 0 Å². The molecule has 1 rings (SSSR count). The summed E-state index contributed by atoms with van der Waals surface area (Å²) in [5, 5.41) is 5.00. The fourth-order valence-corrected chi connectivity index (χ4v) is 2.02. The van der Waals surface area contributed by atoms with Gasteiger partial charge >= 0.3 is 18.2 Å². The number of esters is 1. The minimum Gasteiger partial charge on any atom is -0.464 e. The van der Waals surface area contributed by atoms with Crippen molar-refractivity contribution in [1.82, 2.24) is 10.6 Å². The van der Waals surface area contributed by atoms with E-state index in [2.05, 4.69) is 15.4 Å². The number of methoxy groups -OCH3 is 1. The van der Waals surface area contributed by atoms with Gasteiger partial charge in [0.05, 0.1) is 7.11 Å². The second kappa shape index (κ2) is 11.6. The van der Waals surface area contributed by atoms with Crippen LogP contribution in [0.4, 0.5) is 9.59 Å². The lowest BCUT2D eigenvalue weighted by molar-refractivity contribution is -0.136. The average Bonchev–Trinajstić information content (AvgIpc) is 2.63. The van der Waals surface area contributed by atoms with Crippen molar-refractivity contribution in [1.29, 1.82) is 0 Å². The smallest absolute Gasteiger partial charge is 0.412 e. The van der Waals surface area contributed by atoms with E-state index in [1.807, 2.05) is 30.3 Å². The molecule has 0 unspecified atom stereocenters.